The van der Waals surface area contributed by atoms with E-state index in [2.05, 4.69) is 10.6 Å². The van der Waals surface area contributed by atoms with Crippen molar-refractivity contribution in [2.24, 2.45) is 0 Å². The minimum Gasteiger partial charge on any atom is -0.343 e. The van der Waals surface area contributed by atoms with E-state index in [0.29, 0.717) is 12.0 Å². The summed E-state index contributed by atoms with van der Waals surface area (Å²) in [4.78, 5) is 42.0. The van der Waals surface area contributed by atoms with E-state index in [4.69, 9.17) is 0 Å². The number of benzene rings is 1. The van der Waals surface area contributed by atoms with E-state index < -0.39 is 23.5 Å². The van der Waals surface area contributed by atoms with Gasteiger partial charge in [-0.1, -0.05) is 18.2 Å². The highest BCUT2D eigenvalue weighted by molar-refractivity contribution is 7.10. The molecule has 2 aliphatic rings. The molecule has 1 spiro atoms. The van der Waals surface area contributed by atoms with E-state index in [-0.39, 0.29) is 18.3 Å². The number of nitrogens with zero attached hydrogens (tertiary/aromatic N) is 1. The largest absolute Gasteiger partial charge is 0.343 e. The van der Waals surface area contributed by atoms with Crippen molar-refractivity contribution in [2.75, 3.05) is 6.54 Å². The van der Waals surface area contributed by atoms with Gasteiger partial charge in [-0.25, -0.2) is 9.18 Å². The Kier molecular flexibility index (Phi) is 5.30. The zero-order chi connectivity index (χ0) is 22.3. The van der Waals surface area contributed by atoms with Crippen molar-refractivity contribution in [1.29, 1.82) is 0 Å². The van der Waals surface area contributed by atoms with Crippen molar-refractivity contribution < 1.29 is 18.8 Å². The van der Waals surface area contributed by atoms with Crippen LogP contribution in [-0.2, 0) is 21.5 Å². The Morgan fingerprint density at radius 1 is 1.16 bits per heavy atom. The van der Waals surface area contributed by atoms with E-state index >= 15 is 0 Å². The van der Waals surface area contributed by atoms with Crippen LogP contribution in [0.2, 0.25) is 0 Å². The van der Waals surface area contributed by atoms with Crippen molar-refractivity contribution in [3.63, 3.8) is 0 Å². The van der Waals surface area contributed by atoms with Crippen LogP contribution in [0.4, 0.5) is 9.18 Å². The molecule has 0 saturated carbocycles. The predicted octanol–water partition coefficient (Wildman–Crippen LogP) is 3.94. The molecule has 5 rings (SSSR count). The Bertz CT molecular complexity index is 1180. The zero-order valence-electron chi connectivity index (χ0n) is 17.0. The first-order valence-electron chi connectivity index (χ1n) is 10.3. The number of carbonyl (C=O) groups is 3. The average Bonchev–Trinajstić information content (AvgIpc) is 3.52. The van der Waals surface area contributed by atoms with Crippen molar-refractivity contribution in [2.45, 2.75) is 30.8 Å². The summed E-state index contributed by atoms with van der Waals surface area (Å²) in [5, 5.41) is 9.59. The summed E-state index contributed by atoms with van der Waals surface area (Å²) < 4.78 is 13.4. The Morgan fingerprint density at radius 2 is 1.97 bits per heavy atom. The van der Waals surface area contributed by atoms with Crippen LogP contribution in [0, 0.1) is 5.82 Å². The third-order valence-corrected chi connectivity index (χ3v) is 7.89. The lowest BCUT2D eigenvalue weighted by atomic mass is 9.80. The molecule has 1 aliphatic carbocycles. The third kappa shape index (κ3) is 3.51. The fraction of sp³-hybridized carbons (Fsp3) is 0.261. The monoisotopic (exact) mass is 469 g/mol. The van der Waals surface area contributed by atoms with Crippen LogP contribution in [0.1, 0.15) is 39.8 Å². The summed E-state index contributed by atoms with van der Waals surface area (Å²) in [6, 6.07) is 10.5. The number of urea groups is 1. The topological polar surface area (TPSA) is 78.5 Å². The van der Waals surface area contributed by atoms with Gasteiger partial charge in [-0.3, -0.25) is 14.5 Å². The summed E-state index contributed by atoms with van der Waals surface area (Å²) in [6.07, 6.45) is 2.20. The van der Waals surface area contributed by atoms with Gasteiger partial charge >= 0.3 is 6.03 Å². The van der Waals surface area contributed by atoms with Crippen LogP contribution in [-0.4, -0.2) is 29.3 Å². The molecule has 0 bridgehead atoms. The standard InChI is InChI=1S/C23H20FN3O3S2/c24-15-7-5-14(6-8-15)20(18-4-2-11-31-18)25-19(28)13-27-21(29)23(26-22(27)30)10-1-3-17-16(23)9-12-32-17/h2,4-9,11-12,20H,1,3,10,13H2,(H,25,28)(H,26,30)/t20-,23+/m1/s1. The van der Waals surface area contributed by atoms with Crippen molar-refractivity contribution in [1.82, 2.24) is 15.5 Å². The molecule has 9 heteroatoms. The number of hydrogen-bond acceptors (Lipinski definition) is 5. The summed E-state index contributed by atoms with van der Waals surface area (Å²) >= 11 is 3.04. The second-order valence-electron chi connectivity index (χ2n) is 7.91. The molecule has 164 valence electrons. The molecule has 2 N–H and O–H groups in total. The first-order valence-corrected chi connectivity index (χ1v) is 12.0. The van der Waals surface area contributed by atoms with Gasteiger partial charge in [0.1, 0.15) is 17.9 Å². The summed E-state index contributed by atoms with van der Waals surface area (Å²) in [5.41, 5.74) is 0.485. The minimum absolute atomic E-state index is 0.366. The number of thiophene rings is 2. The highest BCUT2D eigenvalue weighted by Gasteiger charge is 2.54. The average molecular weight is 470 g/mol. The number of rotatable bonds is 5. The first kappa shape index (κ1) is 20.8. The number of nitrogens with one attached hydrogen (secondary N) is 2. The van der Waals surface area contributed by atoms with E-state index in [9.17, 15) is 18.8 Å². The van der Waals surface area contributed by atoms with Gasteiger partial charge in [-0.2, -0.15) is 0 Å². The smallest absolute Gasteiger partial charge is 0.325 e. The van der Waals surface area contributed by atoms with Crippen LogP contribution >= 0.6 is 22.7 Å². The lowest BCUT2D eigenvalue weighted by Crippen LogP contribution is -2.47. The maximum Gasteiger partial charge on any atom is 0.325 e. The normalized spacial score (nSPS) is 20.8. The van der Waals surface area contributed by atoms with Crippen LogP contribution in [0.5, 0.6) is 0 Å². The lowest BCUT2D eigenvalue weighted by molar-refractivity contribution is -0.135. The molecule has 2 aromatic heterocycles. The van der Waals surface area contributed by atoms with Gasteiger partial charge in [0.25, 0.3) is 5.91 Å². The Morgan fingerprint density at radius 3 is 2.72 bits per heavy atom. The first-order chi connectivity index (χ1) is 15.5. The molecule has 3 aromatic rings. The number of fused-ring (bicyclic) bond motifs is 2. The zero-order valence-corrected chi connectivity index (χ0v) is 18.6. The molecule has 0 radical (unpaired) electrons. The lowest BCUT2D eigenvalue weighted by Gasteiger charge is -2.31. The van der Waals surface area contributed by atoms with E-state index in [1.807, 2.05) is 29.0 Å². The molecule has 0 unspecified atom stereocenters. The predicted molar refractivity (Wildman–Crippen MR) is 120 cm³/mol. The molecular weight excluding hydrogens is 449 g/mol. The molecule has 3 heterocycles. The maximum atomic E-state index is 13.4. The van der Waals surface area contributed by atoms with E-state index in [0.717, 1.165) is 33.1 Å². The minimum atomic E-state index is -1.07. The van der Waals surface area contributed by atoms with Crippen LogP contribution in [0.3, 0.4) is 0 Å². The van der Waals surface area contributed by atoms with Gasteiger partial charge in [0.15, 0.2) is 0 Å². The SMILES string of the molecule is O=C(CN1C(=O)N[C@]2(CCCc3sccc32)C1=O)N[C@H](c1ccc(F)cc1)c1cccs1. The summed E-state index contributed by atoms with van der Waals surface area (Å²) in [6.45, 7) is -0.380. The van der Waals surface area contributed by atoms with E-state index in [1.165, 1.54) is 23.5 Å². The molecule has 1 aromatic carbocycles. The molecule has 1 saturated heterocycles. The van der Waals surface area contributed by atoms with Crippen LogP contribution in [0.15, 0.2) is 53.2 Å². The molecular formula is C23H20FN3O3S2. The molecule has 2 atom stereocenters. The fourth-order valence-corrected chi connectivity index (χ4v) is 6.27. The molecule has 6 nitrogen and oxygen atoms in total. The van der Waals surface area contributed by atoms with Crippen LogP contribution in [0.25, 0.3) is 0 Å². The summed E-state index contributed by atoms with van der Waals surface area (Å²) in [5.74, 6) is -1.21. The van der Waals surface area contributed by atoms with Gasteiger partial charge < -0.3 is 10.6 Å². The van der Waals surface area contributed by atoms with Crippen molar-refractivity contribution in [3.8, 4) is 0 Å². The third-order valence-electron chi connectivity index (χ3n) is 5.97. The van der Waals surface area contributed by atoms with Crippen molar-refractivity contribution >= 4 is 40.5 Å². The molecule has 32 heavy (non-hydrogen) atoms. The second-order valence-corrected chi connectivity index (χ2v) is 9.89. The number of halogens is 1. The number of carbonyl (C=O) groups excluding carboxylic acids is 3. The highest BCUT2D eigenvalue weighted by atomic mass is 32.1. The van der Waals surface area contributed by atoms with Gasteiger partial charge in [-0.05, 0) is 59.9 Å². The van der Waals surface area contributed by atoms with Gasteiger partial charge in [0.2, 0.25) is 5.91 Å². The molecule has 4 amide bonds. The number of imide groups is 1. The van der Waals surface area contributed by atoms with Crippen molar-refractivity contribution in [3.05, 3.63) is 79.9 Å². The second kappa shape index (κ2) is 8.14. The number of amides is 4. The Hall–Kier alpha value is -3.04. The highest BCUT2D eigenvalue weighted by Crippen LogP contribution is 2.42. The van der Waals surface area contributed by atoms with Gasteiger partial charge in [0, 0.05) is 15.3 Å². The Balaban J connectivity index is 1.36. The molecule has 1 fully saturated rings. The Labute approximate surface area is 192 Å². The van der Waals surface area contributed by atoms with Gasteiger partial charge in [0.05, 0.1) is 6.04 Å². The maximum absolute atomic E-state index is 13.4. The van der Waals surface area contributed by atoms with Gasteiger partial charge in [-0.15, -0.1) is 22.7 Å². The van der Waals surface area contributed by atoms with Crippen LogP contribution < -0.4 is 10.6 Å². The number of hydrogen-bond donors (Lipinski definition) is 2. The number of aryl methyl sites for hydroxylation is 1. The quantitative estimate of drug-likeness (QED) is 0.556. The fourth-order valence-electron chi connectivity index (χ4n) is 4.46. The van der Waals surface area contributed by atoms with E-state index in [1.54, 1.807) is 23.5 Å². The summed E-state index contributed by atoms with van der Waals surface area (Å²) in [7, 11) is 0. The molecule has 1 aliphatic heterocycles.